The zero-order valence-electron chi connectivity index (χ0n) is 14.2. The first-order valence-corrected chi connectivity index (χ1v) is 8.53. The number of nitrogens with one attached hydrogen (secondary N) is 1. The van der Waals surface area contributed by atoms with Gasteiger partial charge in [-0.25, -0.2) is 4.79 Å². The van der Waals surface area contributed by atoms with E-state index in [1.807, 2.05) is 35.2 Å². The monoisotopic (exact) mass is 323 g/mol. The lowest BCUT2D eigenvalue weighted by atomic mass is 9.90. The first-order chi connectivity index (χ1) is 11.6. The highest BCUT2D eigenvalue weighted by Gasteiger charge is 2.39. The zero-order chi connectivity index (χ0) is 17.0. The third-order valence-electron chi connectivity index (χ3n) is 4.90. The average Bonchev–Trinajstić information content (AvgIpc) is 2.97. The van der Waals surface area contributed by atoms with Gasteiger partial charge in [-0.15, -0.1) is 0 Å². The van der Waals surface area contributed by atoms with Gasteiger partial charge in [-0.05, 0) is 43.4 Å². The van der Waals surface area contributed by atoms with Crippen molar-refractivity contribution < 1.29 is 4.79 Å². The second kappa shape index (κ2) is 7.05. The molecule has 4 nitrogen and oxygen atoms in total. The number of urea groups is 1. The number of likely N-dealkylation sites (tertiary alicyclic amines) is 1. The van der Waals surface area contributed by atoms with E-state index < -0.39 is 0 Å². The van der Waals surface area contributed by atoms with Crippen LogP contribution in [0.4, 0.5) is 10.5 Å². The first kappa shape index (κ1) is 16.5. The number of carbonyl (C=O) groups excluding carboxylic acids is 1. The maximum absolute atomic E-state index is 12.9. The van der Waals surface area contributed by atoms with Crippen LogP contribution in [0, 0.1) is 0 Å². The van der Waals surface area contributed by atoms with Crippen molar-refractivity contribution in [1.82, 2.24) is 4.90 Å². The van der Waals surface area contributed by atoms with E-state index >= 15 is 0 Å². The summed E-state index contributed by atoms with van der Waals surface area (Å²) < 4.78 is 0. The van der Waals surface area contributed by atoms with Gasteiger partial charge < -0.3 is 16.0 Å². The Morgan fingerprint density at radius 2 is 1.88 bits per heavy atom. The van der Waals surface area contributed by atoms with Crippen LogP contribution in [0.1, 0.15) is 30.9 Å². The number of anilines is 1. The van der Waals surface area contributed by atoms with Crippen LogP contribution in [0.25, 0.3) is 0 Å². The molecule has 2 amide bonds. The number of benzene rings is 2. The van der Waals surface area contributed by atoms with E-state index in [-0.39, 0.29) is 11.6 Å². The SMILES string of the molecule is CC1(Cc2ccccc2)CCCN1C(=O)Nc1ccccc1CN. The molecule has 126 valence electrons. The molecule has 0 radical (unpaired) electrons. The Morgan fingerprint density at radius 1 is 1.17 bits per heavy atom. The summed E-state index contributed by atoms with van der Waals surface area (Å²) in [5, 5.41) is 3.05. The Balaban J connectivity index is 1.76. The van der Waals surface area contributed by atoms with Crippen molar-refractivity contribution in [3.8, 4) is 0 Å². The van der Waals surface area contributed by atoms with Crippen LogP contribution in [0.15, 0.2) is 54.6 Å². The standard InChI is InChI=1S/C20H25N3O/c1-20(14-16-8-3-2-4-9-16)12-7-13-23(20)19(24)22-18-11-6-5-10-17(18)15-21/h2-6,8-11H,7,12-15,21H2,1H3,(H,22,24). The summed E-state index contributed by atoms with van der Waals surface area (Å²) in [7, 11) is 0. The Morgan fingerprint density at radius 3 is 2.62 bits per heavy atom. The predicted molar refractivity (Wildman–Crippen MR) is 97.8 cm³/mol. The molecule has 1 fully saturated rings. The van der Waals surface area contributed by atoms with Gasteiger partial charge in [0.15, 0.2) is 0 Å². The molecule has 0 saturated carbocycles. The minimum absolute atomic E-state index is 0.0353. The molecule has 0 bridgehead atoms. The predicted octanol–water partition coefficient (Wildman–Crippen LogP) is 3.77. The molecule has 24 heavy (non-hydrogen) atoms. The van der Waals surface area contributed by atoms with E-state index in [4.69, 9.17) is 5.73 Å². The van der Waals surface area contributed by atoms with Gasteiger partial charge in [0.05, 0.1) is 0 Å². The lowest BCUT2D eigenvalue weighted by molar-refractivity contribution is 0.168. The van der Waals surface area contributed by atoms with E-state index in [9.17, 15) is 4.79 Å². The first-order valence-electron chi connectivity index (χ1n) is 8.53. The minimum Gasteiger partial charge on any atom is -0.326 e. The molecule has 1 saturated heterocycles. The second-order valence-corrected chi connectivity index (χ2v) is 6.71. The molecule has 0 spiro atoms. The normalized spacial score (nSPS) is 20.2. The molecule has 2 aromatic rings. The van der Waals surface area contributed by atoms with Crippen LogP contribution < -0.4 is 11.1 Å². The van der Waals surface area contributed by atoms with Gasteiger partial charge in [-0.3, -0.25) is 0 Å². The highest BCUT2D eigenvalue weighted by Crippen LogP contribution is 2.33. The van der Waals surface area contributed by atoms with Crippen molar-refractivity contribution in [2.24, 2.45) is 5.73 Å². The van der Waals surface area contributed by atoms with Gasteiger partial charge >= 0.3 is 6.03 Å². The number of nitrogens with two attached hydrogens (primary N) is 1. The van der Waals surface area contributed by atoms with Gasteiger partial charge in [0.25, 0.3) is 0 Å². The van der Waals surface area contributed by atoms with Gasteiger partial charge in [-0.2, -0.15) is 0 Å². The van der Waals surface area contributed by atoms with Crippen LogP contribution in [0.2, 0.25) is 0 Å². The lowest BCUT2D eigenvalue weighted by Gasteiger charge is -2.35. The van der Waals surface area contributed by atoms with Crippen molar-refractivity contribution in [3.63, 3.8) is 0 Å². The van der Waals surface area contributed by atoms with Crippen LogP contribution in [-0.2, 0) is 13.0 Å². The zero-order valence-corrected chi connectivity index (χ0v) is 14.2. The van der Waals surface area contributed by atoms with Crippen molar-refractivity contribution in [2.45, 2.75) is 38.3 Å². The highest BCUT2D eigenvalue weighted by atomic mass is 16.2. The smallest absolute Gasteiger partial charge is 0.322 e. The summed E-state index contributed by atoms with van der Waals surface area (Å²) in [6.45, 7) is 3.39. The molecule has 3 rings (SSSR count). The summed E-state index contributed by atoms with van der Waals surface area (Å²) in [4.78, 5) is 14.8. The number of rotatable bonds is 4. The number of hydrogen-bond acceptors (Lipinski definition) is 2. The Kier molecular flexibility index (Phi) is 4.86. The van der Waals surface area contributed by atoms with Crippen molar-refractivity contribution in [1.29, 1.82) is 0 Å². The summed E-state index contributed by atoms with van der Waals surface area (Å²) in [5.41, 5.74) is 8.64. The van der Waals surface area contributed by atoms with Crippen LogP contribution in [0.3, 0.4) is 0 Å². The Hall–Kier alpha value is -2.33. The van der Waals surface area contributed by atoms with E-state index in [2.05, 4.69) is 36.5 Å². The molecule has 0 aliphatic carbocycles. The maximum Gasteiger partial charge on any atom is 0.322 e. The van der Waals surface area contributed by atoms with E-state index in [0.717, 1.165) is 37.1 Å². The van der Waals surface area contributed by atoms with Gasteiger partial charge in [0.1, 0.15) is 0 Å². The lowest BCUT2D eigenvalue weighted by Crippen LogP contribution is -2.48. The molecule has 2 aromatic carbocycles. The fraction of sp³-hybridized carbons (Fsp3) is 0.350. The summed E-state index contributed by atoms with van der Waals surface area (Å²) >= 11 is 0. The fourth-order valence-electron chi connectivity index (χ4n) is 3.59. The van der Waals surface area contributed by atoms with Crippen molar-refractivity contribution >= 4 is 11.7 Å². The number of nitrogens with zero attached hydrogens (tertiary/aromatic N) is 1. The Bertz CT molecular complexity index is 701. The largest absolute Gasteiger partial charge is 0.326 e. The third-order valence-corrected chi connectivity index (χ3v) is 4.90. The van der Waals surface area contributed by atoms with Crippen molar-refractivity contribution in [2.75, 3.05) is 11.9 Å². The number of hydrogen-bond donors (Lipinski definition) is 2. The molecule has 1 heterocycles. The summed E-state index contributed by atoms with van der Waals surface area (Å²) in [5.74, 6) is 0. The van der Waals surface area contributed by atoms with Gasteiger partial charge in [-0.1, -0.05) is 48.5 Å². The number of para-hydroxylation sites is 1. The maximum atomic E-state index is 12.9. The van der Waals surface area contributed by atoms with Crippen LogP contribution in [0.5, 0.6) is 0 Å². The molecule has 0 aromatic heterocycles. The third kappa shape index (κ3) is 3.44. The molecule has 1 unspecified atom stereocenters. The van der Waals surface area contributed by atoms with Gasteiger partial charge in [0.2, 0.25) is 0 Å². The number of carbonyl (C=O) groups is 1. The molecular weight excluding hydrogens is 298 g/mol. The summed E-state index contributed by atoms with van der Waals surface area (Å²) in [6, 6.07) is 18.1. The number of amides is 2. The van der Waals surface area contributed by atoms with E-state index in [1.54, 1.807) is 0 Å². The van der Waals surface area contributed by atoms with E-state index in [0.29, 0.717) is 6.54 Å². The average molecular weight is 323 g/mol. The quantitative estimate of drug-likeness (QED) is 0.899. The van der Waals surface area contributed by atoms with Gasteiger partial charge in [0, 0.05) is 24.3 Å². The topological polar surface area (TPSA) is 58.4 Å². The van der Waals surface area contributed by atoms with Crippen LogP contribution >= 0.6 is 0 Å². The van der Waals surface area contributed by atoms with Crippen molar-refractivity contribution in [3.05, 3.63) is 65.7 Å². The second-order valence-electron chi connectivity index (χ2n) is 6.71. The molecule has 1 aliphatic rings. The van der Waals surface area contributed by atoms with Crippen LogP contribution in [-0.4, -0.2) is 23.0 Å². The summed E-state index contributed by atoms with van der Waals surface area (Å²) in [6.07, 6.45) is 2.93. The molecule has 1 atom stereocenters. The fourth-order valence-corrected chi connectivity index (χ4v) is 3.59. The molecular formula is C20H25N3O. The Labute approximate surface area is 143 Å². The molecule has 1 aliphatic heterocycles. The highest BCUT2D eigenvalue weighted by molar-refractivity contribution is 5.91. The van der Waals surface area contributed by atoms with E-state index in [1.165, 1.54) is 5.56 Å². The minimum atomic E-state index is -0.150. The molecule has 3 N–H and O–H groups in total. The molecule has 4 heteroatoms.